The Balaban J connectivity index is 2.18. The summed E-state index contributed by atoms with van der Waals surface area (Å²) in [6.07, 6.45) is 9.07. The van der Waals surface area contributed by atoms with E-state index in [1.165, 1.54) is 24.7 Å². The first kappa shape index (κ1) is 10.3. The van der Waals surface area contributed by atoms with E-state index in [2.05, 4.69) is 11.9 Å². The van der Waals surface area contributed by atoms with Gasteiger partial charge in [-0.15, -0.1) is 0 Å². The number of rotatable bonds is 3. The number of pyridine rings is 1. The van der Waals surface area contributed by atoms with Crippen LogP contribution in [-0.4, -0.2) is 11.3 Å². The molecule has 1 aromatic rings. The number of hydrogen-bond acceptors (Lipinski definition) is 2. The molecule has 0 aromatic carbocycles. The molecule has 0 saturated heterocycles. The van der Waals surface area contributed by atoms with Crippen LogP contribution in [0.2, 0.25) is 0 Å². The second-order valence-corrected chi connectivity index (χ2v) is 4.68. The largest absolute Gasteiger partial charge is 0.303 e. The number of nitrogens with zero attached hydrogens (tertiary/aromatic N) is 1. The molecular weight excluding hydrogens is 186 g/mol. The molecule has 2 nitrogen and oxygen atoms in total. The smallest absolute Gasteiger partial charge is 0.126 e. The van der Waals surface area contributed by atoms with E-state index in [0.29, 0.717) is 5.92 Å². The summed E-state index contributed by atoms with van der Waals surface area (Å²) in [6.45, 7) is 2.20. The lowest BCUT2D eigenvalue weighted by Crippen LogP contribution is -2.28. The van der Waals surface area contributed by atoms with Gasteiger partial charge in [0.2, 0.25) is 0 Å². The van der Waals surface area contributed by atoms with Crippen LogP contribution >= 0.6 is 0 Å². The maximum atomic E-state index is 11.3. The van der Waals surface area contributed by atoms with Crippen molar-refractivity contribution in [1.29, 1.82) is 0 Å². The van der Waals surface area contributed by atoms with Crippen LogP contribution in [0, 0.1) is 11.3 Å². The SMILES string of the molecule is CC1CCCC1(C=O)Cc1ccncc1. The summed E-state index contributed by atoms with van der Waals surface area (Å²) in [7, 11) is 0. The fraction of sp³-hybridized carbons (Fsp3) is 0.538. The molecule has 2 atom stereocenters. The average Bonchev–Trinajstić information content (AvgIpc) is 2.62. The first-order valence-electron chi connectivity index (χ1n) is 5.62. The van der Waals surface area contributed by atoms with Crippen molar-refractivity contribution in [1.82, 2.24) is 4.98 Å². The molecular formula is C13H17NO. The lowest BCUT2D eigenvalue weighted by atomic mass is 9.75. The van der Waals surface area contributed by atoms with E-state index in [0.717, 1.165) is 12.8 Å². The highest BCUT2D eigenvalue weighted by atomic mass is 16.1. The van der Waals surface area contributed by atoms with Crippen LogP contribution in [0.3, 0.4) is 0 Å². The Morgan fingerprint density at radius 3 is 2.80 bits per heavy atom. The Bertz CT molecular complexity index is 336. The van der Waals surface area contributed by atoms with Gasteiger partial charge in [-0.25, -0.2) is 0 Å². The summed E-state index contributed by atoms with van der Waals surface area (Å²) in [5.74, 6) is 0.517. The maximum absolute atomic E-state index is 11.3. The minimum Gasteiger partial charge on any atom is -0.303 e. The van der Waals surface area contributed by atoms with Crippen molar-refractivity contribution in [2.24, 2.45) is 11.3 Å². The number of hydrogen-bond donors (Lipinski definition) is 0. The van der Waals surface area contributed by atoms with Gasteiger partial charge in [0, 0.05) is 17.8 Å². The minimum atomic E-state index is -0.110. The second kappa shape index (κ2) is 4.13. The molecule has 1 saturated carbocycles. The van der Waals surface area contributed by atoms with E-state index in [4.69, 9.17) is 0 Å². The third-order valence-corrected chi connectivity index (χ3v) is 3.78. The van der Waals surface area contributed by atoms with Crippen LogP contribution in [0.5, 0.6) is 0 Å². The Hall–Kier alpha value is -1.18. The van der Waals surface area contributed by atoms with Gasteiger partial charge in [-0.05, 0) is 42.9 Å². The molecule has 0 spiro atoms. The predicted molar refractivity (Wildman–Crippen MR) is 59.5 cm³/mol. The lowest BCUT2D eigenvalue weighted by molar-refractivity contribution is -0.117. The summed E-state index contributed by atoms with van der Waals surface area (Å²) < 4.78 is 0. The quantitative estimate of drug-likeness (QED) is 0.707. The lowest BCUT2D eigenvalue weighted by Gasteiger charge is -2.27. The van der Waals surface area contributed by atoms with E-state index < -0.39 is 0 Å². The van der Waals surface area contributed by atoms with Crippen LogP contribution in [0.25, 0.3) is 0 Å². The monoisotopic (exact) mass is 203 g/mol. The molecule has 15 heavy (non-hydrogen) atoms. The van der Waals surface area contributed by atoms with E-state index in [9.17, 15) is 4.79 Å². The molecule has 0 N–H and O–H groups in total. The number of aromatic nitrogens is 1. The van der Waals surface area contributed by atoms with E-state index in [1.807, 2.05) is 12.1 Å². The predicted octanol–water partition coefficient (Wildman–Crippen LogP) is 2.63. The average molecular weight is 203 g/mol. The minimum absolute atomic E-state index is 0.110. The summed E-state index contributed by atoms with van der Waals surface area (Å²) in [5, 5.41) is 0. The van der Waals surface area contributed by atoms with Crippen molar-refractivity contribution in [2.45, 2.75) is 32.6 Å². The standard InChI is InChI=1S/C13H17NO/c1-11-3-2-6-13(11,10-15)9-12-4-7-14-8-5-12/h4-5,7-8,10-11H,2-3,6,9H2,1H3. The first-order chi connectivity index (χ1) is 7.27. The molecule has 0 aliphatic heterocycles. The van der Waals surface area contributed by atoms with Gasteiger partial charge >= 0.3 is 0 Å². The summed E-state index contributed by atoms with van der Waals surface area (Å²) in [5.41, 5.74) is 1.12. The molecule has 1 aromatic heterocycles. The van der Waals surface area contributed by atoms with Gasteiger partial charge in [-0.3, -0.25) is 4.98 Å². The fourth-order valence-corrected chi connectivity index (χ4v) is 2.63. The number of carbonyl (C=O) groups excluding carboxylic acids is 1. The molecule has 1 aliphatic rings. The van der Waals surface area contributed by atoms with Crippen molar-refractivity contribution < 1.29 is 4.79 Å². The number of aldehydes is 1. The van der Waals surface area contributed by atoms with Crippen molar-refractivity contribution >= 4 is 6.29 Å². The van der Waals surface area contributed by atoms with Gasteiger partial charge in [-0.1, -0.05) is 13.3 Å². The second-order valence-electron chi connectivity index (χ2n) is 4.68. The first-order valence-corrected chi connectivity index (χ1v) is 5.62. The van der Waals surface area contributed by atoms with E-state index in [1.54, 1.807) is 12.4 Å². The fourth-order valence-electron chi connectivity index (χ4n) is 2.63. The van der Waals surface area contributed by atoms with Crippen LogP contribution in [0.15, 0.2) is 24.5 Å². The van der Waals surface area contributed by atoms with Gasteiger partial charge in [0.05, 0.1) is 0 Å². The summed E-state index contributed by atoms with van der Waals surface area (Å²) in [4.78, 5) is 15.3. The zero-order valence-corrected chi connectivity index (χ0v) is 9.15. The highest BCUT2D eigenvalue weighted by molar-refractivity contribution is 5.61. The zero-order chi connectivity index (χ0) is 10.7. The van der Waals surface area contributed by atoms with Crippen LogP contribution < -0.4 is 0 Å². The van der Waals surface area contributed by atoms with Gasteiger partial charge in [0.15, 0.2) is 0 Å². The Labute approximate surface area is 90.7 Å². The molecule has 0 bridgehead atoms. The molecule has 2 rings (SSSR count). The third-order valence-electron chi connectivity index (χ3n) is 3.78. The van der Waals surface area contributed by atoms with E-state index >= 15 is 0 Å². The van der Waals surface area contributed by atoms with Gasteiger partial charge in [-0.2, -0.15) is 0 Å². The highest BCUT2D eigenvalue weighted by Crippen LogP contribution is 2.43. The molecule has 0 radical (unpaired) electrons. The Morgan fingerprint density at radius 2 is 2.27 bits per heavy atom. The van der Waals surface area contributed by atoms with E-state index in [-0.39, 0.29) is 5.41 Å². The molecule has 1 heterocycles. The zero-order valence-electron chi connectivity index (χ0n) is 9.15. The summed E-state index contributed by atoms with van der Waals surface area (Å²) >= 11 is 0. The summed E-state index contributed by atoms with van der Waals surface area (Å²) in [6, 6.07) is 4.02. The van der Waals surface area contributed by atoms with Crippen molar-refractivity contribution in [3.8, 4) is 0 Å². The molecule has 1 aliphatic carbocycles. The Kier molecular flexibility index (Phi) is 2.85. The molecule has 2 heteroatoms. The van der Waals surface area contributed by atoms with Crippen molar-refractivity contribution in [3.63, 3.8) is 0 Å². The molecule has 2 unspecified atom stereocenters. The van der Waals surface area contributed by atoms with Gasteiger partial charge < -0.3 is 4.79 Å². The molecule has 1 fully saturated rings. The molecule has 0 amide bonds. The van der Waals surface area contributed by atoms with Gasteiger partial charge in [0.25, 0.3) is 0 Å². The molecule has 80 valence electrons. The van der Waals surface area contributed by atoms with Crippen molar-refractivity contribution in [3.05, 3.63) is 30.1 Å². The highest BCUT2D eigenvalue weighted by Gasteiger charge is 2.39. The van der Waals surface area contributed by atoms with Crippen LogP contribution in [0.4, 0.5) is 0 Å². The maximum Gasteiger partial charge on any atom is 0.126 e. The number of carbonyl (C=O) groups is 1. The van der Waals surface area contributed by atoms with Crippen LogP contribution in [-0.2, 0) is 11.2 Å². The van der Waals surface area contributed by atoms with Crippen LogP contribution in [0.1, 0.15) is 31.7 Å². The van der Waals surface area contributed by atoms with Gasteiger partial charge in [0.1, 0.15) is 6.29 Å². The Morgan fingerprint density at radius 1 is 1.53 bits per heavy atom. The van der Waals surface area contributed by atoms with Crippen molar-refractivity contribution in [2.75, 3.05) is 0 Å². The topological polar surface area (TPSA) is 30.0 Å². The third kappa shape index (κ3) is 1.94. The normalized spacial score (nSPS) is 30.3.